The average molecular weight is 377 g/mol. The van der Waals surface area contributed by atoms with Crippen LogP contribution in [0.1, 0.15) is 47.6 Å². The molecule has 0 radical (unpaired) electrons. The summed E-state index contributed by atoms with van der Waals surface area (Å²) in [4.78, 5) is 30.5. The van der Waals surface area contributed by atoms with Crippen LogP contribution in [0.2, 0.25) is 0 Å². The number of aromatic nitrogens is 1. The maximum Gasteiger partial charge on any atom is 0.255 e. The van der Waals surface area contributed by atoms with Crippen molar-refractivity contribution in [2.45, 2.75) is 37.8 Å². The summed E-state index contributed by atoms with van der Waals surface area (Å²) in [5, 5.41) is 11.6. The van der Waals surface area contributed by atoms with Gasteiger partial charge in [0.1, 0.15) is 0 Å². The number of pyridine rings is 1. The largest absolute Gasteiger partial charge is 0.339 e. The number of hydrogen-bond donors (Lipinski definition) is 2. The molecule has 1 aliphatic rings. The number of benzene rings is 1. The van der Waals surface area contributed by atoms with E-state index in [1.165, 1.54) is 0 Å². The van der Waals surface area contributed by atoms with Crippen molar-refractivity contribution in [3.63, 3.8) is 0 Å². The Kier molecular flexibility index (Phi) is 6.35. The van der Waals surface area contributed by atoms with E-state index >= 15 is 0 Å². The Morgan fingerprint density at radius 1 is 1.21 bits per heavy atom. The molecule has 28 heavy (non-hydrogen) atoms. The molecule has 1 aromatic carbocycles. The SMILES string of the molecule is N#CCCN(C(=O)CC(N)c1ccc(C(=O)Nc2ccncc2)cc1)C1CC1. The Morgan fingerprint density at radius 2 is 1.89 bits per heavy atom. The summed E-state index contributed by atoms with van der Waals surface area (Å²) in [6.45, 7) is 0.459. The van der Waals surface area contributed by atoms with E-state index in [1.54, 1.807) is 53.7 Å². The van der Waals surface area contributed by atoms with Gasteiger partial charge in [-0.15, -0.1) is 0 Å². The van der Waals surface area contributed by atoms with Crippen molar-refractivity contribution in [3.05, 3.63) is 59.9 Å². The van der Waals surface area contributed by atoms with E-state index in [-0.39, 0.29) is 24.3 Å². The number of carbonyl (C=O) groups excluding carboxylic acids is 2. The van der Waals surface area contributed by atoms with Crippen LogP contribution in [-0.2, 0) is 4.79 Å². The monoisotopic (exact) mass is 377 g/mol. The molecule has 144 valence electrons. The van der Waals surface area contributed by atoms with Crippen molar-refractivity contribution < 1.29 is 9.59 Å². The molecule has 1 fully saturated rings. The van der Waals surface area contributed by atoms with E-state index in [1.807, 2.05) is 0 Å². The van der Waals surface area contributed by atoms with Gasteiger partial charge >= 0.3 is 0 Å². The van der Waals surface area contributed by atoms with Crippen molar-refractivity contribution in [3.8, 4) is 6.07 Å². The zero-order valence-corrected chi connectivity index (χ0v) is 15.5. The fourth-order valence-corrected chi connectivity index (χ4v) is 3.01. The first kappa shape index (κ1) is 19.5. The molecule has 1 unspecified atom stereocenters. The Bertz CT molecular complexity index is 857. The van der Waals surface area contributed by atoms with Crippen molar-refractivity contribution in [1.82, 2.24) is 9.88 Å². The van der Waals surface area contributed by atoms with E-state index in [9.17, 15) is 9.59 Å². The Labute approximate surface area is 164 Å². The summed E-state index contributed by atoms with van der Waals surface area (Å²) in [5.74, 6) is -0.247. The summed E-state index contributed by atoms with van der Waals surface area (Å²) in [6, 6.07) is 12.3. The number of nitriles is 1. The molecule has 0 bridgehead atoms. The lowest BCUT2D eigenvalue weighted by Crippen LogP contribution is -2.35. The van der Waals surface area contributed by atoms with Gasteiger partial charge in [0, 0.05) is 48.7 Å². The highest BCUT2D eigenvalue weighted by molar-refractivity contribution is 6.04. The minimum atomic E-state index is -0.451. The first-order chi connectivity index (χ1) is 13.6. The molecule has 3 rings (SSSR count). The highest BCUT2D eigenvalue weighted by Gasteiger charge is 2.32. The maximum absolute atomic E-state index is 12.6. The van der Waals surface area contributed by atoms with Gasteiger partial charge in [-0.05, 0) is 42.7 Å². The third-order valence-electron chi connectivity index (χ3n) is 4.71. The zero-order valence-electron chi connectivity index (χ0n) is 15.5. The number of nitrogens with zero attached hydrogens (tertiary/aromatic N) is 3. The molecule has 3 N–H and O–H groups in total. The van der Waals surface area contributed by atoms with Crippen molar-refractivity contribution in [1.29, 1.82) is 5.26 Å². The molecule has 0 aliphatic heterocycles. The first-order valence-electron chi connectivity index (χ1n) is 9.32. The van der Waals surface area contributed by atoms with Gasteiger partial charge in [-0.2, -0.15) is 5.26 Å². The van der Waals surface area contributed by atoms with Crippen LogP contribution in [0.5, 0.6) is 0 Å². The molecule has 1 aliphatic carbocycles. The lowest BCUT2D eigenvalue weighted by atomic mass is 10.0. The molecule has 1 aromatic heterocycles. The number of nitrogens with two attached hydrogens (primary N) is 1. The summed E-state index contributed by atoms with van der Waals surface area (Å²) in [7, 11) is 0. The molecular weight excluding hydrogens is 354 g/mol. The van der Waals surface area contributed by atoms with E-state index in [0.29, 0.717) is 24.2 Å². The molecular formula is C21H23N5O2. The van der Waals surface area contributed by atoms with E-state index < -0.39 is 6.04 Å². The number of hydrogen-bond acceptors (Lipinski definition) is 5. The topological polar surface area (TPSA) is 112 Å². The van der Waals surface area contributed by atoms with Crippen LogP contribution >= 0.6 is 0 Å². The minimum absolute atomic E-state index is 0.0234. The quantitative estimate of drug-likeness (QED) is 0.734. The van der Waals surface area contributed by atoms with Crippen molar-refractivity contribution in [2.24, 2.45) is 5.73 Å². The Morgan fingerprint density at radius 3 is 2.50 bits per heavy atom. The van der Waals surface area contributed by atoms with Crippen LogP contribution < -0.4 is 11.1 Å². The summed E-state index contributed by atoms with van der Waals surface area (Å²) in [5.41, 5.74) is 8.19. The highest BCUT2D eigenvalue weighted by Crippen LogP contribution is 2.28. The number of amides is 2. The second kappa shape index (κ2) is 9.11. The highest BCUT2D eigenvalue weighted by atomic mass is 16.2. The smallest absolute Gasteiger partial charge is 0.255 e. The van der Waals surface area contributed by atoms with Crippen LogP contribution in [0.3, 0.4) is 0 Å². The summed E-state index contributed by atoms with van der Waals surface area (Å²) in [6.07, 6.45) is 5.72. The second-order valence-electron chi connectivity index (χ2n) is 6.85. The van der Waals surface area contributed by atoms with Gasteiger partial charge in [0.15, 0.2) is 0 Å². The third-order valence-corrected chi connectivity index (χ3v) is 4.71. The second-order valence-corrected chi connectivity index (χ2v) is 6.85. The standard InChI is InChI=1S/C21H23N5O2/c22-10-1-13-26(18-6-7-18)20(27)14-19(23)15-2-4-16(5-3-15)21(28)25-17-8-11-24-12-9-17/h2-5,8-9,11-12,18-19H,1,6-7,13-14,23H2,(H,24,25,28). The molecule has 2 amide bonds. The van der Waals surface area contributed by atoms with Gasteiger partial charge < -0.3 is 16.0 Å². The minimum Gasteiger partial charge on any atom is -0.339 e. The third kappa shape index (κ3) is 5.15. The van der Waals surface area contributed by atoms with Gasteiger partial charge in [0.05, 0.1) is 12.5 Å². The van der Waals surface area contributed by atoms with Gasteiger partial charge in [-0.1, -0.05) is 12.1 Å². The fourth-order valence-electron chi connectivity index (χ4n) is 3.01. The normalized spacial score (nSPS) is 14.0. The first-order valence-corrected chi connectivity index (χ1v) is 9.32. The van der Waals surface area contributed by atoms with Crippen LogP contribution in [0, 0.1) is 11.3 Å². The van der Waals surface area contributed by atoms with E-state index in [2.05, 4.69) is 16.4 Å². The van der Waals surface area contributed by atoms with E-state index in [0.717, 1.165) is 18.4 Å². The van der Waals surface area contributed by atoms with Gasteiger partial charge in [0.25, 0.3) is 5.91 Å². The molecule has 1 heterocycles. The van der Waals surface area contributed by atoms with Crippen molar-refractivity contribution in [2.75, 3.05) is 11.9 Å². The van der Waals surface area contributed by atoms with Crippen LogP contribution in [-0.4, -0.2) is 34.3 Å². The van der Waals surface area contributed by atoms with Gasteiger partial charge in [-0.3, -0.25) is 14.6 Å². The van der Waals surface area contributed by atoms with Gasteiger partial charge in [0.2, 0.25) is 5.91 Å². The summed E-state index contributed by atoms with van der Waals surface area (Å²) < 4.78 is 0. The number of carbonyl (C=O) groups is 2. The Hall–Kier alpha value is -3.24. The Balaban J connectivity index is 1.58. The van der Waals surface area contributed by atoms with Crippen LogP contribution in [0.15, 0.2) is 48.8 Å². The average Bonchev–Trinajstić information content (AvgIpc) is 3.54. The maximum atomic E-state index is 12.6. The predicted molar refractivity (Wildman–Crippen MR) is 105 cm³/mol. The molecule has 0 spiro atoms. The molecule has 0 saturated heterocycles. The summed E-state index contributed by atoms with van der Waals surface area (Å²) >= 11 is 0. The number of anilines is 1. The van der Waals surface area contributed by atoms with Gasteiger partial charge in [-0.25, -0.2) is 0 Å². The van der Waals surface area contributed by atoms with Crippen LogP contribution in [0.25, 0.3) is 0 Å². The lowest BCUT2D eigenvalue weighted by Gasteiger charge is -2.23. The molecule has 2 aromatic rings. The molecule has 1 saturated carbocycles. The van der Waals surface area contributed by atoms with Crippen molar-refractivity contribution >= 4 is 17.5 Å². The fraction of sp³-hybridized carbons (Fsp3) is 0.333. The predicted octanol–water partition coefficient (Wildman–Crippen LogP) is 2.63. The zero-order chi connectivity index (χ0) is 19.9. The number of nitrogens with one attached hydrogen (secondary N) is 1. The lowest BCUT2D eigenvalue weighted by molar-refractivity contribution is -0.132. The van der Waals surface area contributed by atoms with E-state index in [4.69, 9.17) is 11.0 Å². The molecule has 1 atom stereocenters. The molecule has 7 nitrogen and oxygen atoms in total. The number of rotatable bonds is 8. The molecule has 7 heteroatoms. The van der Waals surface area contributed by atoms with Crippen LogP contribution in [0.4, 0.5) is 5.69 Å².